The summed E-state index contributed by atoms with van der Waals surface area (Å²) in [6.07, 6.45) is 0.556. The zero-order chi connectivity index (χ0) is 24.8. The van der Waals surface area contributed by atoms with Crippen LogP contribution in [0.3, 0.4) is 0 Å². The van der Waals surface area contributed by atoms with Gasteiger partial charge in [-0.05, 0) is 40.1 Å². The number of carbonyl (C=O) groups excluding carboxylic acids is 1. The molecule has 2 aromatic heterocycles. The Morgan fingerprint density at radius 1 is 1.17 bits per heavy atom. The fraction of sp³-hybridized carbons (Fsp3) is 0.385. The molecule has 1 aliphatic rings. The molecule has 1 aromatic carbocycles. The highest BCUT2D eigenvalue weighted by molar-refractivity contribution is 7.07. The lowest BCUT2D eigenvalue weighted by molar-refractivity contribution is 0.0779. The number of fused-ring (bicyclic) bond motifs is 1. The van der Waals surface area contributed by atoms with Crippen molar-refractivity contribution in [1.82, 2.24) is 14.4 Å². The molecule has 8 nitrogen and oxygen atoms in total. The summed E-state index contributed by atoms with van der Waals surface area (Å²) >= 11 is 1.60. The Labute approximate surface area is 208 Å². The highest BCUT2D eigenvalue weighted by atomic mass is 32.1. The molecule has 0 spiro atoms. The van der Waals surface area contributed by atoms with Gasteiger partial charge in [0.1, 0.15) is 23.7 Å². The van der Waals surface area contributed by atoms with E-state index >= 15 is 0 Å². The zero-order valence-electron chi connectivity index (χ0n) is 20.1. The quantitative estimate of drug-likeness (QED) is 0.489. The fourth-order valence-corrected chi connectivity index (χ4v) is 5.08. The van der Waals surface area contributed by atoms with Crippen molar-refractivity contribution in [3.8, 4) is 11.5 Å². The van der Waals surface area contributed by atoms with E-state index in [1.807, 2.05) is 41.1 Å². The van der Waals surface area contributed by atoms with Crippen LogP contribution in [0.15, 0.2) is 52.0 Å². The third-order valence-electron chi connectivity index (χ3n) is 6.13. The van der Waals surface area contributed by atoms with Gasteiger partial charge in [0.25, 0.3) is 11.5 Å². The number of aliphatic hydroxyl groups is 1. The number of aromatic nitrogens is 1. The topological polar surface area (TPSA) is 84.2 Å². The Balaban J connectivity index is 1.55. The van der Waals surface area contributed by atoms with Gasteiger partial charge in [-0.3, -0.25) is 14.5 Å². The van der Waals surface area contributed by atoms with Crippen molar-refractivity contribution in [2.45, 2.75) is 26.1 Å². The van der Waals surface area contributed by atoms with Crippen LogP contribution >= 0.6 is 11.3 Å². The summed E-state index contributed by atoms with van der Waals surface area (Å²) in [4.78, 5) is 30.4. The largest absolute Gasteiger partial charge is 0.496 e. The molecule has 4 rings (SSSR count). The molecule has 1 amide bonds. The van der Waals surface area contributed by atoms with E-state index in [9.17, 15) is 9.59 Å². The Morgan fingerprint density at radius 2 is 2.03 bits per heavy atom. The number of amides is 1. The summed E-state index contributed by atoms with van der Waals surface area (Å²) in [5, 5.41) is 13.0. The van der Waals surface area contributed by atoms with E-state index < -0.39 is 0 Å². The molecule has 1 aliphatic heterocycles. The van der Waals surface area contributed by atoms with Crippen LogP contribution in [0, 0.1) is 0 Å². The summed E-state index contributed by atoms with van der Waals surface area (Å²) in [6.45, 7) is 3.28. The van der Waals surface area contributed by atoms with Crippen LogP contribution in [0.2, 0.25) is 0 Å². The third kappa shape index (κ3) is 5.93. The van der Waals surface area contributed by atoms with E-state index in [4.69, 9.17) is 14.6 Å². The van der Waals surface area contributed by atoms with Crippen molar-refractivity contribution >= 4 is 17.2 Å². The maximum Gasteiger partial charge on any atom is 0.259 e. The lowest BCUT2D eigenvalue weighted by Gasteiger charge is -2.22. The molecule has 0 radical (unpaired) electrons. The van der Waals surface area contributed by atoms with Gasteiger partial charge in [-0.2, -0.15) is 11.3 Å². The second kappa shape index (κ2) is 11.5. The summed E-state index contributed by atoms with van der Waals surface area (Å²) in [5.74, 6) is 0.891. The molecular formula is C26H31N3O5S. The second-order valence-corrected chi connectivity index (χ2v) is 9.34. The SMILES string of the molecule is COc1cc(=O)n2c(c1C(=O)N(C)Cc1ccsc1)CCN(Cc1cccc(OCCO)c1)CC2. The minimum atomic E-state index is -0.157. The molecule has 0 saturated heterocycles. The smallest absolute Gasteiger partial charge is 0.259 e. The standard InChI is InChI=1S/C26H31N3O5S/c1-27(16-20-7-13-35-18-20)26(32)25-22-6-8-28(9-10-29(22)24(31)15-23(25)33-2)17-19-4-3-5-21(14-19)34-12-11-30/h3-5,7,13-15,18,30H,6,8-12,16-17H2,1-2H3. The van der Waals surface area contributed by atoms with Crippen molar-refractivity contribution in [1.29, 1.82) is 0 Å². The monoisotopic (exact) mass is 497 g/mol. The van der Waals surface area contributed by atoms with Crippen molar-refractivity contribution < 1.29 is 19.4 Å². The summed E-state index contributed by atoms with van der Waals surface area (Å²) in [6, 6.07) is 11.2. The molecule has 3 heterocycles. The number of pyridine rings is 1. The van der Waals surface area contributed by atoms with Crippen molar-refractivity contribution in [3.05, 3.63) is 79.9 Å². The third-order valence-corrected chi connectivity index (χ3v) is 6.86. The molecule has 0 atom stereocenters. The molecule has 3 aromatic rings. The predicted molar refractivity (Wildman–Crippen MR) is 135 cm³/mol. The lowest BCUT2D eigenvalue weighted by atomic mass is 10.1. The van der Waals surface area contributed by atoms with Crippen LogP contribution in [0.1, 0.15) is 27.2 Å². The van der Waals surface area contributed by atoms with Crippen LogP contribution in [0.5, 0.6) is 11.5 Å². The van der Waals surface area contributed by atoms with Crippen LogP contribution in [-0.4, -0.2) is 65.8 Å². The van der Waals surface area contributed by atoms with Gasteiger partial charge in [0, 0.05) is 58.0 Å². The van der Waals surface area contributed by atoms with E-state index in [2.05, 4.69) is 4.90 Å². The molecule has 1 N–H and O–H groups in total. The number of carbonyl (C=O) groups is 1. The molecule has 9 heteroatoms. The Kier molecular flexibility index (Phi) is 8.22. The Bertz CT molecular complexity index is 1210. The molecule has 0 aliphatic carbocycles. The van der Waals surface area contributed by atoms with Gasteiger partial charge < -0.3 is 24.0 Å². The van der Waals surface area contributed by atoms with Crippen LogP contribution in [0.25, 0.3) is 0 Å². The Hall–Kier alpha value is -3.14. The average molecular weight is 498 g/mol. The van der Waals surface area contributed by atoms with Crippen molar-refractivity contribution in [3.63, 3.8) is 0 Å². The highest BCUT2D eigenvalue weighted by Crippen LogP contribution is 2.25. The minimum Gasteiger partial charge on any atom is -0.496 e. The normalized spacial score (nSPS) is 13.7. The van der Waals surface area contributed by atoms with E-state index in [0.717, 1.165) is 22.6 Å². The highest BCUT2D eigenvalue weighted by Gasteiger charge is 2.27. The van der Waals surface area contributed by atoms with Gasteiger partial charge in [-0.15, -0.1) is 0 Å². The second-order valence-electron chi connectivity index (χ2n) is 8.56. The number of nitrogens with zero attached hydrogens (tertiary/aromatic N) is 3. The Morgan fingerprint density at radius 3 is 2.77 bits per heavy atom. The molecule has 186 valence electrons. The number of rotatable bonds is 9. The summed E-state index contributed by atoms with van der Waals surface area (Å²) in [7, 11) is 3.27. The predicted octanol–water partition coefficient (Wildman–Crippen LogP) is 2.62. The van der Waals surface area contributed by atoms with E-state index in [-0.39, 0.29) is 24.7 Å². The molecule has 0 bridgehead atoms. The van der Waals surface area contributed by atoms with Crippen LogP contribution in [0.4, 0.5) is 0 Å². The molecule has 0 fully saturated rings. The first-order chi connectivity index (χ1) is 17.0. The molecule has 35 heavy (non-hydrogen) atoms. The van der Waals surface area contributed by atoms with Gasteiger partial charge in [-0.1, -0.05) is 12.1 Å². The molecule has 0 saturated carbocycles. The number of thiophene rings is 1. The number of aliphatic hydroxyl groups excluding tert-OH is 1. The minimum absolute atomic E-state index is 0.0314. The number of hydrogen-bond donors (Lipinski definition) is 1. The first-order valence-corrected chi connectivity index (χ1v) is 12.6. The summed E-state index contributed by atoms with van der Waals surface area (Å²) < 4.78 is 12.8. The van der Waals surface area contributed by atoms with E-state index in [0.29, 0.717) is 50.5 Å². The lowest BCUT2D eigenvalue weighted by Crippen LogP contribution is -2.32. The first kappa shape index (κ1) is 25.0. The maximum absolute atomic E-state index is 13.5. The number of hydrogen-bond acceptors (Lipinski definition) is 7. The van der Waals surface area contributed by atoms with Gasteiger partial charge in [0.15, 0.2) is 0 Å². The molecular weight excluding hydrogens is 466 g/mol. The number of ether oxygens (including phenoxy) is 2. The first-order valence-electron chi connectivity index (χ1n) is 11.6. The summed E-state index contributed by atoms with van der Waals surface area (Å²) in [5.41, 5.74) is 3.18. The maximum atomic E-state index is 13.5. The van der Waals surface area contributed by atoms with E-state index in [1.165, 1.54) is 13.2 Å². The number of benzene rings is 1. The van der Waals surface area contributed by atoms with Crippen LogP contribution in [-0.2, 0) is 26.1 Å². The molecule has 0 unspecified atom stereocenters. The number of methoxy groups -OCH3 is 1. The van der Waals surface area contributed by atoms with Gasteiger partial charge in [-0.25, -0.2) is 0 Å². The van der Waals surface area contributed by atoms with Gasteiger partial charge in [0.05, 0.1) is 13.7 Å². The zero-order valence-corrected chi connectivity index (χ0v) is 20.9. The van der Waals surface area contributed by atoms with Crippen LogP contribution < -0.4 is 15.0 Å². The van der Waals surface area contributed by atoms with Crippen molar-refractivity contribution in [2.75, 3.05) is 40.5 Å². The average Bonchev–Trinajstić information content (AvgIpc) is 3.28. The van der Waals surface area contributed by atoms with Gasteiger partial charge in [0.2, 0.25) is 0 Å². The van der Waals surface area contributed by atoms with Crippen molar-refractivity contribution in [2.24, 2.45) is 0 Å². The van der Waals surface area contributed by atoms with Gasteiger partial charge >= 0.3 is 0 Å². The fourth-order valence-electron chi connectivity index (χ4n) is 4.42. The van der Waals surface area contributed by atoms with E-state index in [1.54, 1.807) is 27.9 Å².